The minimum atomic E-state index is -3.20. The first-order chi connectivity index (χ1) is 13.9. The van der Waals surface area contributed by atoms with E-state index in [1.165, 1.54) is 4.31 Å². The Morgan fingerprint density at radius 3 is 1.90 bits per heavy atom. The minimum absolute atomic E-state index is 0.168. The Morgan fingerprint density at radius 1 is 0.931 bits per heavy atom. The fraction of sp³-hybridized carbons (Fsp3) is 0.650. The standard InChI is InChI=1S/C20H30N2O6S/c1-4-26-17-13-15(14-18(27-5-2)19(17)28-6-3)20(23)21-9-11-22(12-10-21)29(24,25)16-7-8-16/h13-14,16H,4-12H2,1-3H3. The number of ether oxygens (including phenoxy) is 3. The first kappa shape index (κ1) is 21.7. The van der Waals surface area contributed by atoms with Gasteiger partial charge in [0.15, 0.2) is 11.5 Å². The highest BCUT2D eigenvalue weighted by molar-refractivity contribution is 7.90. The molecule has 0 bridgehead atoms. The Bertz CT molecular complexity index is 802. The lowest BCUT2D eigenvalue weighted by Gasteiger charge is -2.34. The van der Waals surface area contributed by atoms with Crippen LogP contribution in [0.3, 0.4) is 0 Å². The number of sulfonamides is 1. The molecule has 0 unspecified atom stereocenters. The fourth-order valence-corrected chi connectivity index (χ4v) is 5.24. The number of hydrogen-bond donors (Lipinski definition) is 0. The second-order valence-electron chi connectivity index (χ2n) is 7.04. The molecule has 3 rings (SSSR count). The average Bonchev–Trinajstić information content (AvgIpc) is 3.56. The molecule has 0 spiro atoms. The highest BCUT2D eigenvalue weighted by Gasteiger charge is 2.41. The van der Waals surface area contributed by atoms with Crippen LogP contribution >= 0.6 is 0 Å². The van der Waals surface area contributed by atoms with Gasteiger partial charge in [0.1, 0.15) is 0 Å². The summed E-state index contributed by atoms with van der Waals surface area (Å²) in [6.45, 7) is 8.31. The van der Waals surface area contributed by atoms with Gasteiger partial charge in [0.05, 0.1) is 25.1 Å². The summed E-state index contributed by atoms with van der Waals surface area (Å²) in [4.78, 5) is 14.8. The van der Waals surface area contributed by atoms with Crippen LogP contribution in [0.15, 0.2) is 12.1 Å². The Labute approximate surface area is 172 Å². The van der Waals surface area contributed by atoms with E-state index in [0.717, 1.165) is 12.8 Å². The summed E-state index contributed by atoms with van der Waals surface area (Å²) < 4.78 is 43.4. The van der Waals surface area contributed by atoms with Gasteiger partial charge in [0, 0.05) is 31.7 Å². The number of hydrogen-bond acceptors (Lipinski definition) is 6. The van der Waals surface area contributed by atoms with Gasteiger partial charge in [-0.2, -0.15) is 4.31 Å². The van der Waals surface area contributed by atoms with Crippen molar-refractivity contribution in [3.8, 4) is 17.2 Å². The third-order valence-electron chi connectivity index (χ3n) is 4.99. The average molecular weight is 427 g/mol. The van der Waals surface area contributed by atoms with Crippen molar-refractivity contribution in [2.24, 2.45) is 0 Å². The van der Waals surface area contributed by atoms with Crippen LogP contribution in [0.1, 0.15) is 44.0 Å². The molecular formula is C20H30N2O6S. The van der Waals surface area contributed by atoms with E-state index in [9.17, 15) is 13.2 Å². The minimum Gasteiger partial charge on any atom is -0.490 e. The van der Waals surface area contributed by atoms with Crippen LogP contribution in [0, 0.1) is 0 Å². The fourth-order valence-electron chi connectivity index (χ4n) is 3.42. The van der Waals surface area contributed by atoms with E-state index in [1.54, 1.807) is 17.0 Å². The normalized spacial score (nSPS) is 17.8. The molecule has 1 saturated heterocycles. The van der Waals surface area contributed by atoms with Crippen molar-refractivity contribution in [2.45, 2.75) is 38.9 Å². The highest BCUT2D eigenvalue weighted by atomic mass is 32.2. The van der Waals surface area contributed by atoms with Crippen LogP contribution in [-0.2, 0) is 10.0 Å². The molecule has 1 saturated carbocycles. The molecule has 8 nitrogen and oxygen atoms in total. The first-order valence-corrected chi connectivity index (χ1v) is 11.8. The van der Waals surface area contributed by atoms with Gasteiger partial charge in [0.2, 0.25) is 15.8 Å². The van der Waals surface area contributed by atoms with Crippen molar-refractivity contribution in [2.75, 3.05) is 46.0 Å². The van der Waals surface area contributed by atoms with Crippen LogP contribution < -0.4 is 14.2 Å². The number of carbonyl (C=O) groups is 1. The molecule has 0 atom stereocenters. The zero-order chi connectivity index (χ0) is 21.0. The second kappa shape index (κ2) is 9.21. The maximum absolute atomic E-state index is 13.1. The van der Waals surface area contributed by atoms with Gasteiger partial charge in [-0.05, 0) is 45.7 Å². The van der Waals surface area contributed by atoms with Gasteiger partial charge in [-0.25, -0.2) is 8.42 Å². The zero-order valence-electron chi connectivity index (χ0n) is 17.3. The molecule has 1 aromatic carbocycles. The molecule has 0 N–H and O–H groups in total. The van der Waals surface area contributed by atoms with Crippen molar-refractivity contribution in [3.63, 3.8) is 0 Å². The monoisotopic (exact) mass is 426 g/mol. The van der Waals surface area contributed by atoms with Crippen LogP contribution in [0.4, 0.5) is 0 Å². The van der Waals surface area contributed by atoms with Crippen molar-refractivity contribution in [1.82, 2.24) is 9.21 Å². The van der Waals surface area contributed by atoms with Crippen LogP contribution in [-0.4, -0.2) is 74.8 Å². The number of carbonyl (C=O) groups excluding carboxylic acids is 1. The summed E-state index contributed by atoms with van der Waals surface area (Å²) in [5, 5.41) is -0.224. The molecule has 1 amide bonds. The number of piperazine rings is 1. The van der Waals surface area contributed by atoms with E-state index in [2.05, 4.69) is 0 Å². The largest absolute Gasteiger partial charge is 0.490 e. The smallest absolute Gasteiger partial charge is 0.254 e. The van der Waals surface area contributed by atoms with E-state index >= 15 is 0 Å². The van der Waals surface area contributed by atoms with E-state index in [0.29, 0.717) is 68.8 Å². The van der Waals surface area contributed by atoms with Crippen LogP contribution in [0.2, 0.25) is 0 Å². The number of rotatable bonds is 9. The predicted octanol–water partition coefficient (Wildman–Crippen LogP) is 2.13. The lowest BCUT2D eigenvalue weighted by Crippen LogP contribution is -2.51. The molecule has 29 heavy (non-hydrogen) atoms. The lowest BCUT2D eigenvalue weighted by molar-refractivity contribution is 0.0696. The number of nitrogens with zero attached hydrogens (tertiary/aromatic N) is 2. The first-order valence-electron chi connectivity index (χ1n) is 10.3. The summed E-state index contributed by atoms with van der Waals surface area (Å²) in [5.41, 5.74) is 0.443. The lowest BCUT2D eigenvalue weighted by atomic mass is 10.1. The Balaban J connectivity index is 1.78. The molecule has 2 fully saturated rings. The van der Waals surface area contributed by atoms with Gasteiger partial charge in [-0.15, -0.1) is 0 Å². The number of benzene rings is 1. The van der Waals surface area contributed by atoms with Gasteiger partial charge >= 0.3 is 0 Å². The Morgan fingerprint density at radius 2 is 1.45 bits per heavy atom. The summed E-state index contributed by atoms with van der Waals surface area (Å²) in [7, 11) is -3.20. The molecule has 0 aromatic heterocycles. The Kier molecular flexibility index (Phi) is 6.89. The molecule has 162 valence electrons. The topological polar surface area (TPSA) is 85.4 Å². The van der Waals surface area contributed by atoms with Crippen molar-refractivity contribution < 1.29 is 27.4 Å². The van der Waals surface area contributed by atoms with Gasteiger partial charge in [0.25, 0.3) is 5.91 Å². The van der Waals surface area contributed by atoms with E-state index in [-0.39, 0.29) is 11.2 Å². The summed E-state index contributed by atoms with van der Waals surface area (Å²) >= 11 is 0. The molecule has 1 aliphatic carbocycles. The molecule has 1 heterocycles. The summed E-state index contributed by atoms with van der Waals surface area (Å²) in [6, 6.07) is 3.35. The van der Waals surface area contributed by atoms with Gasteiger partial charge in [-0.3, -0.25) is 4.79 Å². The van der Waals surface area contributed by atoms with E-state index in [1.807, 2.05) is 20.8 Å². The highest BCUT2D eigenvalue weighted by Crippen LogP contribution is 2.39. The number of amides is 1. The van der Waals surface area contributed by atoms with Gasteiger partial charge < -0.3 is 19.1 Å². The van der Waals surface area contributed by atoms with Crippen molar-refractivity contribution in [3.05, 3.63) is 17.7 Å². The van der Waals surface area contributed by atoms with Crippen LogP contribution in [0.5, 0.6) is 17.2 Å². The molecule has 0 radical (unpaired) electrons. The molecule has 1 aliphatic heterocycles. The third kappa shape index (κ3) is 4.78. The van der Waals surface area contributed by atoms with Crippen LogP contribution in [0.25, 0.3) is 0 Å². The summed E-state index contributed by atoms with van der Waals surface area (Å²) in [6.07, 6.45) is 1.49. The zero-order valence-corrected chi connectivity index (χ0v) is 18.2. The van der Waals surface area contributed by atoms with Crippen molar-refractivity contribution in [1.29, 1.82) is 0 Å². The SMILES string of the molecule is CCOc1cc(C(=O)N2CCN(S(=O)(=O)C3CC3)CC2)cc(OCC)c1OCC. The van der Waals surface area contributed by atoms with Gasteiger partial charge in [-0.1, -0.05) is 0 Å². The molecule has 9 heteroatoms. The molecule has 2 aliphatic rings. The van der Waals surface area contributed by atoms with E-state index < -0.39 is 10.0 Å². The third-order valence-corrected chi connectivity index (χ3v) is 7.39. The van der Waals surface area contributed by atoms with Crippen molar-refractivity contribution >= 4 is 15.9 Å². The Hall–Kier alpha value is -2.00. The second-order valence-corrected chi connectivity index (χ2v) is 9.25. The maximum atomic E-state index is 13.1. The predicted molar refractivity (Wildman–Crippen MR) is 109 cm³/mol. The van der Waals surface area contributed by atoms with E-state index in [4.69, 9.17) is 14.2 Å². The molecular weight excluding hydrogens is 396 g/mol. The maximum Gasteiger partial charge on any atom is 0.254 e. The quantitative estimate of drug-likeness (QED) is 0.601. The molecule has 1 aromatic rings. The summed E-state index contributed by atoms with van der Waals surface area (Å²) in [5.74, 6) is 1.27.